The van der Waals surface area contributed by atoms with Gasteiger partial charge in [0.15, 0.2) is 0 Å². The minimum atomic E-state index is -2.81. The first-order valence-corrected chi connectivity index (χ1v) is 22.5. The summed E-state index contributed by atoms with van der Waals surface area (Å²) in [5.74, 6) is 0. The van der Waals surface area contributed by atoms with E-state index in [1.165, 1.54) is 10.8 Å². The molecule has 7 aromatic carbocycles. The highest BCUT2D eigenvalue weighted by Crippen LogP contribution is 2.61. The fourth-order valence-corrected chi connectivity index (χ4v) is 16.8. The SMILES string of the molecule is N#Cc1ccc2c(c1)P(=S)(c1ccccc1)c1cc(-n3c4ccccc4c4ccccc43)cc3c1N2c1ccc(C#N)cc1P3(=S)c1ccccc1. The first-order valence-electron chi connectivity index (χ1n) is 16.9. The Morgan fingerprint density at radius 1 is 0.462 bits per heavy atom. The molecule has 3 heterocycles. The normalized spacial score (nSPS) is 18.2. The summed E-state index contributed by atoms with van der Waals surface area (Å²) in [4.78, 5) is 2.31. The van der Waals surface area contributed by atoms with E-state index < -0.39 is 12.1 Å². The highest BCUT2D eigenvalue weighted by Gasteiger charge is 2.46. The summed E-state index contributed by atoms with van der Waals surface area (Å²) in [7, 11) is 0. The number of anilines is 3. The van der Waals surface area contributed by atoms with Crippen molar-refractivity contribution in [1.29, 1.82) is 10.5 Å². The van der Waals surface area contributed by atoms with Gasteiger partial charge in [0.25, 0.3) is 0 Å². The van der Waals surface area contributed by atoms with Gasteiger partial charge in [-0.05, 0) is 71.3 Å². The molecule has 8 heteroatoms. The van der Waals surface area contributed by atoms with Crippen LogP contribution in [0.2, 0.25) is 0 Å². The Labute approximate surface area is 311 Å². The highest BCUT2D eigenvalue weighted by atomic mass is 32.4. The van der Waals surface area contributed by atoms with Gasteiger partial charge >= 0.3 is 0 Å². The first kappa shape index (κ1) is 31.2. The Morgan fingerprint density at radius 2 is 0.885 bits per heavy atom. The first-order chi connectivity index (χ1) is 25.5. The van der Waals surface area contributed by atoms with Gasteiger partial charge in [-0.1, -0.05) is 121 Å². The van der Waals surface area contributed by atoms with Gasteiger partial charge in [0.1, 0.15) is 0 Å². The molecule has 2 atom stereocenters. The van der Waals surface area contributed by atoms with Gasteiger partial charge in [0, 0.05) is 49.8 Å². The number of fused-ring (bicyclic) bond motifs is 7. The van der Waals surface area contributed by atoms with Crippen molar-refractivity contribution in [3.63, 3.8) is 0 Å². The molecule has 10 rings (SSSR count). The third-order valence-electron chi connectivity index (χ3n) is 10.4. The number of para-hydroxylation sites is 2. The van der Waals surface area contributed by atoms with E-state index >= 15 is 0 Å². The van der Waals surface area contributed by atoms with Crippen molar-refractivity contribution in [2.24, 2.45) is 0 Å². The largest absolute Gasteiger partial charge is 0.309 e. The lowest BCUT2D eigenvalue weighted by Gasteiger charge is -2.47. The topological polar surface area (TPSA) is 55.8 Å². The molecule has 0 saturated carbocycles. The van der Waals surface area contributed by atoms with Crippen LogP contribution in [0.3, 0.4) is 0 Å². The van der Waals surface area contributed by atoms with Crippen molar-refractivity contribution < 1.29 is 0 Å². The zero-order valence-electron chi connectivity index (χ0n) is 27.5. The summed E-state index contributed by atoms with van der Waals surface area (Å²) >= 11 is 14.3. The number of benzene rings is 7. The molecule has 0 amide bonds. The summed E-state index contributed by atoms with van der Waals surface area (Å²) in [6.07, 6.45) is 0. The second kappa shape index (κ2) is 11.5. The monoisotopic (exact) mass is 736 g/mol. The third-order valence-corrected chi connectivity index (χ3v) is 20.2. The van der Waals surface area contributed by atoms with Gasteiger partial charge in [-0.25, -0.2) is 0 Å². The molecular weight excluding hydrogens is 711 g/mol. The van der Waals surface area contributed by atoms with Crippen LogP contribution in [0.5, 0.6) is 0 Å². The predicted octanol–water partition coefficient (Wildman–Crippen LogP) is 8.14. The molecule has 8 aromatic rings. The Bertz CT molecular complexity index is 2810. The molecular formula is C44H26N4P2S2. The smallest absolute Gasteiger partial charge is 0.0991 e. The van der Waals surface area contributed by atoms with Gasteiger partial charge in [-0.3, -0.25) is 0 Å². The van der Waals surface area contributed by atoms with Crippen molar-refractivity contribution in [3.05, 3.63) is 169 Å². The molecule has 0 aliphatic carbocycles. The van der Waals surface area contributed by atoms with Crippen LogP contribution in [0.4, 0.5) is 17.1 Å². The molecule has 0 radical (unpaired) electrons. The van der Waals surface area contributed by atoms with Crippen LogP contribution >= 0.6 is 12.1 Å². The lowest BCUT2D eigenvalue weighted by molar-refractivity contribution is 1.18. The summed E-state index contributed by atoms with van der Waals surface area (Å²) in [6, 6.07) is 53.5. The maximum atomic E-state index is 10.2. The highest BCUT2D eigenvalue weighted by molar-refractivity contribution is 8.27. The van der Waals surface area contributed by atoms with Gasteiger partial charge in [0.2, 0.25) is 0 Å². The average molecular weight is 737 g/mol. The maximum Gasteiger partial charge on any atom is 0.0991 e. The van der Waals surface area contributed by atoms with Crippen LogP contribution in [0.15, 0.2) is 158 Å². The fraction of sp³-hybridized carbons (Fsp3) is 0. The number of rotatable bonds is 3. The van der Waals surface area contributed by atoms with Gasteiger partial charge in [-0.2, -0.15) is 10.5 Å². The van der Waals surface area contributed by atoms with Crippen molar-refractivity contribution in [1.82, 2.24) is 4.57 Å². The Hall–Kier alpha value is -5.58. The van der Waals surface area contributed by atoms with E-state index in [0.29, 0.717) is 11.1 Å². The second-order valence-corrected chi connectivity index (χ2v) is 21.7. The molecule has 2 aliphatic rings. The molecule has 1 aromatic heterocycles. The van der Waals surface area contributed by atoms with Crippen molar-refractivity contribution in [3.8, 4) is 17.8 Å². The lowest BCUT2D eigenvalue weighted by atomic mass is 10.1. The van der Waals surface area contributed by atoms with Crippen molar-refractivity contribution in [2.45, 2.75) is 0 Å². The van der Waals surface area contributed by atoms with E-state index in [0.717, 1.165) is 65.6 Å². The molecule has 0 N–H and O–H groups in total. The van der Waals surface area contributed by atoms with Gasteiger partial charge < -0.3 is 9.47 Å². The molecule has 52 heavy (non-hydrogen) atoms. The number of aromatic nitrogens is 1. The van der Waals surface area contributed by atoms with Crippen LogP contribution < -0.4 is 36.7 Å². The van der Waals surface area contributed by atoms with Gasteiger partial charge in [0.05, 0.1) is 51.4 Å². The minimum absolute atomic E-state index is 0.567. The van der Waals surface area contributed by atoms with E-state index in [2.05, 4.69) is 131 Å². The van der Waals surface area contributed by atoms with Crippen LogP contribution in [0, 0.1) is 22.7 Å². The lowest BCUT2D eigenvalue weighted by Crippen LogP contribution is -2.46. The van der Waals surface area contributed by atoms with Crippen LogP contribution in [-0.4, -0.2) is 4.57 Å². The van der Waals surface area contributed by atoms with E-state index in [1.54, 1.807) is 0 Å². The van der Waals surface area contributed by atoms with E-state index in [4.69, 9.17) is 23.6 Å². The van der Waals surface area contributed by atoms with Crippen LogP contribution in [0.1, 0.15) is 11.1 Å². The molecule has 2 aliphatic heterocycles. The average Bonchev–Trinajstić information content (AvgIpc) is 3.55. The number of nitriles is 2. The molecule has 244 valence electrons. The number of nitrogens with zero attached hydrogens (tertiary/aromatic N) is 4. The van der Waals surface area contributed by atoms with E-state index in [-0.39, 0.29) is 0 Å². The van der Waals surface area contributed by atoms with Crippen molar-refractivity contribution >= 4 is 106 Å². The van der Waals surface area contributed by atoms with Crippen LogP contribution in [-0.2, 0) is 23.6 Å². The zero-order valence-corrected chi connectivity index (χ0v) is 30.9. The third kappa shape index (κ3) is 4.13. The standard InChI is InChI=1S/C44H26N4P2S2/c45-27-29-19-21-38-40(23-29)49(51,32-11-3-1-4-12-32)42-25-31(47-36-17-9-7-15-34(36)35-16-8-10-18-37(35)47)26-43-44(42)48(38)39-22-20-30(28-46)24-41(39)50(43,52)33-13-5-2-6-14-33/h1-26H. The molecule has 0 bridgehead atoms. The molecule has 2 unspecified atom stereocenters. The minimum Gasteiger partial charge on any atom is -0.309 e. The van der Waals surface area contributed by atoms with E-state index in [1.807, 2.05) is 48.5 Å². The molecule has 4 nitrogen and oxygen atoms in total. The Kier molecular flexibility index (Phi) is 6.87. The summed E-state index contributed by atoms with van der Waals surface area (Å²) in [5, 5.41) is 28.9. The Balaban J connectivity index is 1.44. The zero-order chi connectivity index (χ0) is 35.2. The fourth-order valence-electron chi connectivity index (χ4n) is 8.16. The molecule has 0 saturated heterocycles. The summed E-state index contributed by atoms with van der Waals surface area (Å²) in [5.41, 5.74) is 7.24. The molecule has 0 fully saturated rings. The maximum absolute atomic E-state index is 10.2. The summed E-state index contributed by atoms with van der Waals surface area (Å²) in [6.45, 7) is 0. The van der Waals surface area contributed by atoms with Gasteiger partial charge in [-0.15, -0.1) is 0 Å². The van der Waals surface area contributed by atoms with Crippen LogP contribution in [0.25, 0.3) is 27.5 Å². The predicted molar refractivity (Wildman–Crippen MR) is 224 cm³/mol. The van der Waals surface area contributed by atoms with Crippen molar-refractivity contribution in [2.75, 3.05) is 4.90 Å². The Morgan fingerprint density at radius 3 is 1.33 bits per heavy atom. The number of hydrogen-bond donors (Lipinski definition) is 0. The summed E-state index contributed by atoms with van der Waals surface area (Å²) < 4.78 is 2.35. The molecule has 0 spiro atoms. The number of hydrogen-bond acceptors (Lipinski definition) is 5. The quantitative estimate of drug-likeness (QED) is 0.172. The second-order valence-electron chi connectivity index (χ2n) is 13.1. The van der Waals surface area contributed by atoms with E-state index in [9.17, 15) is 10.5 Å².